The highest BCUT2D eigenvalue weighted by molar-refractivity contribution is 7.09. The lowest BCUT2D eigenvalue weighted by atomic mass is 9.81. The van der Waals surface area contributed by atoms with E-state index in [1.54, 1.807) is 0 Å². The normalized spacial score (nSPS) is 19.6. The van der Waals surface area contributed by atoms with Gasteiger partial charge in [-0.25, -0.2) is 4.98 Å². The number of Topliss-reactive ketones (excluding diaryl/α,β-unsaturated/α-hetero) is 1. The van der Waals surface area contributed by atoms with Crippen molar-refractivity contribution in [3.8, 4) is 0 Å². The minimum absolute atomic E-state index is 0.0541. The number of aromatic nitrogens is 1. The Labute approximate surface area is 99.5 Å². The highest BCUT2D eigenvalue weighted by Crippen LogP contribution is 2.30. The van der Waals surface area contributed by atoms with E-state index in [9.17, 15) is 9.90 Å². The fourth-order valence-corrected chi connectivity index (χ4v) is 2.97. The topological polar surface area (TPSA) is 50.2 Å². The SMILES string of the molecule is Cc1csc(CC(=O)C2(O)CCCCC2)n1. The van der Waals surface area contributed by atoms with Crippen molar-refractivity contribution in [1.82, 2.24) is 4.98 Å². The van der Waals surface area contributed by atoms with E-state index in [0.29, 0.717) is 12.8 Å². The Hall–Kier alpha value is -0.740. The lowest BCUT2D eigenvalue weighted by Crippen LogP contribution is -2.41. The summed E-state index contributed by atoms with van der Waals surface area (Å²) in [6.45, 7) is 1.92. The lowest BCUT2D eigenvalue weighted by molar-refractivity contribution is -0.139. The van der Waals surface area contributed by atoms with Crippen LogP contribution < -0.4 is 0 Å². The van der Waals surface area contributed by atoms with E-state index in [1.807, 2.05) is 12.3 Å². The predicted octanol–water partition coefficient (Wildman–Crippen LogP) is 2.26. The molecule has 0 amide bonds. The molecule has 4 heteroatoms. The Kier molecular flexibility index (Phi) is 3.40. The van der Waals surface area contributed by atoms with Crippen LogP contribution in [0.4, 0.5) is 0 Å². The van der Waals surface area contributed by atoms with E-state index in [4.69, 9.17) is 0 Å². The summed E-state index contributed by atoms with van der Waals surface area (Å²) in [6.07, 6.45) is 4.58. The van der Waals surface area contributed by atoms with E-state index in [0.717, 1.165) is 30.0 Å². The molecular formula is C12H17NO2S. The predicted molar refractivity (Wildman–Crippen MR) is 63.6 cm³/mol. The van der Waals surface area contributed by atoms with E-state index >= 15 is 0 Å². The smallest absolute Gasteiger partial charge is 0.171 e. The van der Waals surface area contributed by atoms with Gasteiger partial charge in [-0.1, -0.05) is 19.3 Å². The largest absolute Gasteiger partial charge is 0.382 e. The van der Waals surface area contributed by atoms with Gasteiger partial charge in [0, 0.05) is 11.1 Å². The van der Waals surface area contributed by atoms with Crippen molar-refractivity contribution in [3.05, 3.63) is 16.1 Å². The summed E-state index contributed by atoms with van der Waals surface area (Å²) in [7, 11) is 0. The number of ketones is 1. The maximum Gasteiger partial charge on any atom is 0.171 e. The third-order valence-corrected chi connectivity index (χ3v) is 4.14. The van der Waals surface area contributed by atoms with Crippen molar-refractivity contribution in [1.29, 1.82) is 0 Å². The molecule has 1 aromatic rings. The van der Waals surface area contributed by atoms with Gasteiger partial charge in [0.2, 0.25) is 0 Å². The number of carbonyl (C=O) groups is 1. The van der Waals surface area contributed by atoms with Crippen LogP contribution >= 0.6 is 11.3 Å². The monoisotopic (exact) mass is 239 g/mol. The van der Waals surface area contributed by atoms with Gasteiger partial charge in [0.1, 0.15) is 10.6 Å². The van der Waals surface area contributed by atoms with Crippen LogP contribution in [0.3, 0.4) is 0 Å². The van der Waals surface area contributed by atoms with Crippen LogP contribution in [0.15, 0.2) is 5.38 Å². The molecule has 0 bridgehead atoms. The molecule has 88 valence electrons. The first-order valence-corrected chi connectivity index (χ1v) is 6.65. The van der Waals surface area contributed by atoms with Crippen LogP contribution in [0, 0.1) is 6.92 Å². The van der Waals surface area contributed by atoms with Crippen LogP contribution in [-0.4, -0.2) is 21.5 Å². The molecule has 0 unspecified atom stereocenters. The Morgan fingerprint density at radius 3 is 2.75 bits per heavy atom. The summed E-state index contributed by atoms with van der Waals surface area (Å²) in [4.78, 5) is 16.3. The fraction of sp³-hybridized carbons (Fsp3) is 0.667. The molecule has 1 aromatic heterocycles. The van der Waals surface area contributed by atoms with Gasteiger partial charge in [-0.15, -0.1) is 11.3 Å². The number of carbonyl (C=O) groups excluding carboxylic acids is 1. The number of aliphatic hydroxyl groups is 1. The van der Waals surface area contributed by atoms with Gasteiger partial charge in [0.25, 0.3) is 0 Å². The van der Waals surface area contributed by atoms with Gasteiger partial charge in [-0.05, 0) is 19.8 Å². The molecule has 3 nitrogen and oxygen atoms in total. The Bertz CT molecular complexity index is 380. The van der Waals surface area contributed by atoms with Gasteiger partial charge < -0.3 is 5.11 Å². The van der Waals surface area contributed by atoms with E-state index < -0.39 is 5.60 Å². The average molecular weight is 239 g/mol. The molecule has 1 aliphatic carbocycles. The maximum absolute atomic E-state index is 12.0. The second-order valence-electron chi connectivity index (χ2n) is 4.57. The third-order valence-electron chi connectivity index (χ3n) is 3.18. The lowest BCUT2D eigenvalue weighted by Gasteiger charge is -2.30. The van der Waals surface area contributed by atoms with Gasteiger partial charge in [-0.3, -0.25) is 4.79 Å². The molecule has 2 rings (SSSR count). The molecule has 1 N–H and O–H groups in total. The first-order valence-electron chi connectivity index (χ1n) is 5.77. The molecule has 0 aromatic carbocycles. The first kappa shape index (κ1) is 11.7. The zero-order chi connectivity index (χ0) is 11.6. The van der Waals surface area contributed by atoms with Crippen LogP contribution in [0.1, 0.15) is 42.8 Å². The van der Waals surface area contributed by atoms with Crippen molar-refractivity contribution < 1.29 is 9.90 Å². The molecule has 1 aliphatic rings. The summed E-state index contributed by atoms with van der Waals surface area (Å²) in [5.74, 6) is -0.0541. The molecular weight excluding hydrogens is 222 g/mol. The van der Waals surface area contributed by atoms with Crippen LogP contribution in [-0.2, 0) is 11.2 Å². The minimum Gasteiger partial charge on any atom is -0.382 e. The molecule has 0 atom stereocenters. The first-order chi connectivity index (χ1) is 7.60. The third kappa shape index (κ3) is 2.50. The van der Waals surface area contributed by atoms with E-state index in [-0.39, 0.29) is 12.2 Å². The van der Waals surface area contributed by atoms with Gasteiger partial charge in [0.05, 0.1) is 6.42 Å². The number of nitrogens with zero attached hydrogens (tertiary/aromatic N) is 1. The zero-order valence-electron chi connectivity index (χ0n) is 9.53. The van der Waals surface area contributed by atoms with Crippen molar-refractivity contribution >= 4 is 17.1 Å². The van der Waals surface area contributed by atoms with Crippen LogP contribution in [0.5, 0.6) is 0 Å². The molecule has 16 heavy (non-hydrogen) atoms. The minimum atomic E-state index is -1.07. The van der Waals surface area contributed by atoms with Gasteiger partial charge >= 0.3 is 0 Å². The maximum atomic E-state index is 12.0. The van der Waals surface area contributed by atoms with Crippen molar-refractivity contribution in [2.45, 2.75) is 51.0 Å². The average Bonchev–Trinajstić information content (AvgIpc) is 2.65. The van der Waals surface area contributed by atoms with Crippen LogP contribution in [0.2, 0.25) is 0 Å². The molecule has 1 heterocycles. The number of hydrogen-bond donors (Lipinski definition) is 1. The summed E-state index contributed by atoms with van der Waals surface area (Å²) < 4.78 is 0. The molecule has 1 saturated carbocycles. The van der Waals surface area contributed by atoms with Crippen molar-refractivity contribution in [3.63, 3.8) is 0 Å². The molecule has 1 fully saturated rings. The highest BCUT2D eigenvalue weighted by atomic mass is 32.1. The van der Waals surface area contributed by atoms with E-state index in [2.05, 4.69) is 4.98 Å². The van der Waals surface area contributed by atoms with Gasteiger partial charge in [0.15, 0.2) is 5.78 Å². The fourth-order valence-electron chi connectivity index (χ4n) is 2.20. The Balaban J connectivity index is 2.01. The summed E-state index contributed by atoms with van der Waals surface area (Å²) in [5.41, 5.74) is -0.124. The van der Waals surface area contributed by atoms with Gasteiger partial charge in [-0.2, -0.15) is 0 Å². The quantitative estimate of drug-likeness (QED) is 0.880. The number of rotatable bonds is 3. The Morgan fingerprint density at radius 2 is 2.19 bits per heavy atom. The number of thiazole rings is 1. The second-order valence-corrected chi connectivity index (χ2v) is 5.52. The number of hydrogen-bond acceptors (Lipinski definition) is 4. The zero-order valence-corrected chi connectivity index (χ0v) is 10.3. The molecule has 0 radical (unpaired) electrons. The number of aryl methyl sites for hydroxylation is 1. The van der Waals surface area contributed by atoms with Crippen molar-refractivity contribution in [2.24, 2.45) is 0 Å². The summed E-state index contributed by atoms with van der Waals surface area (Å²) in [5, 5.41) is 13.0. The Morgan fingerprint density at radius 1 is 1.50 bits per heavy atom. The highest BCUT2D eigenvalue weighted by Gasteiger charge is 2.36. The molecule has 0 spiro atoms. The standard InChI is InChI=1S/C12H17NO2S/c1-9-8-16-11(13-9)7-10(14)12(15)5-3-2-4-6-12/h8,15H,2-7H2,1H3. The van der Waals surface area contributed by atoms with Crippen molar-refractivity contribution in [2.75, 3.05) is 0 Å². The summed E-state index contributed by atoms with van der Waals surface area (Å²) >= 11 is 1.50. The van der Waals surface area contributed by atoms with E-state index in [1.165, 1.54) is 11.3 Å². The second kappa shape index (κ2) is 4.63. The molecule has 0 saturated heterocycles. The summed E-state index contributed by atoms with van der Waals surface area (Å²) in [6, 6.07) is 0. The van der Waals surface area contributed by atoms with Crippen LogP contribution in [0.25, 0.3) is 0 Å². The molecule has 0 aliphatic heterocycles.